The molecule has 0 bridgehead atoms. The second-order valence-electron chi connectivity index (χ2n) is 13.8. The van der Waals surface area contributed by atoms with Crippen LogP contribution in [0.2, 0.25) is 0 Å². The minimum atomic E-state index is 0.248. The Morgan fingerprint density at radius 3 is 2.38 bits per heavy atom. The summed E-state index contributed by atoms with van der Waals surface area (Å²) in [5, 5.41) is 0. The highest BCUT2D eigenvalue weighted by molar-refractivity contribution is 5.60. The number of fused-ring (bicyclic) bond motifs is 5. The van der Waals surface area contributed by atoms with Gasteiger partial charge in [0.25, 0.3) is 0 Å². The van der Waals surface area contributed by atoms with Gasteiger partial charge in [0.1, 0.15) is 5.75 Å². The van der Waals surface area contributed by atoms with E-state index in [1.807, 2.05) is 38.1 Å². The minimum absolute atomic E-state index is 0.248. The Labute approximate surface area is 239 Å². The second-order valence-corrected chi connectivity index (χ2v) is 13.8. The van der Waals surface area contributed by atoms with E-state index in [0.717, 1.165) is 48.0 Å². The third kappa shape index (κ3) is 6.30. The average Bonchev–Trinajstić information content (AvgIpc) is 3.25. The van der Waals surface area contributed by atoms with E-state index >= 15 is 0 Å². The molecule has 5 rings (SSSR count). The third-order valence-electron chi connectivity index (χ3n) is 11.5. The van der Waals surface area contributed by atoms with Gasteiger partial charge in [-0.15, -0.1) is 0 Å². The van der Waals surface area contributed by atoms with E-state index in [4.69, 9.17) is 21.9 Å². The molecule has 218 valence electrons. The molecule has 8 atom stereocenters. The molecule has 0 saturated heterocycles. The summed E-state index contributed by atoms with van der Waals surface area (Å²) in [7, 11) is 0. The second kappa shape index (κ2) is 12.6. The number of anilines is 2. The van der Waals surface area contributed by atoms with E-state index in [2.05, 4.69) is 32.9 Å². The van der Waals surface area contributed by atoms with Crippen molar-refractivity contribution in [3.05, 3.63) is 42.1 Å². The molecule has 0 aromatic heterocycles. The van der Waals surface area contributed by atoms with Crippen LogP contribution in [0.1, 0.15) is 112 Å². The topological polar surface area (TPSA) is 87.3 Å². The number of ether oxygens (including phenoxy) is 1. The summed E-state index contributed by atoms with van der Waals surface area (Å²) in [4.78, 5) is 0. The maximum atomic E-state index is 6.41. The standard InChI is InChI=1S/C31H48N2O.C4H9N/c1-4-5-6-7-8-21-10-13-26-25-12-9-22-19-24(34-29-14-11-23(32)20-28(29)33)15-17-31(22,3)27(25)16-18-30(21,26)2;1-3-4(2)5/h9,11-12,14,20-22,24-27H,4-8,10,13,15-19,32-33H2,1-3H3;3H,5H2,1-2H3/b;4-3+. The Bertz CT molecular complexity index is 1010. The molecule has 1 aromatic rings. The van der Waals surface area contributed by atoms with Gasteiger partial charge in [-0.25, -0.2) is 0 Å². The van der Waals surface area contributed by atoms with Crippen molar-refractivity contribution in [1.82, 2.24) is 0 Å². The maximum Gasteiger partial charge on any atom is 0.142 e. The van der Waals surface area contributed by atoms with E-state index < -0.39 is 0 Å². The number of benzene rings is 1. The van der Waals surface area contributed by atoms with Crippen LogP contribution in [0.25, 0.3) is 0 Å². The first-order valence-corrected chi connectivity index (χ1v) is 16.0. The van der Waals surface area contributed by atoms with Gasteiger partial charge in [-0.2, -0.15) is 0 Å². The quantitative estimate of drug-likeness (QED) is 0.185. The van der Waals surface area contributed by atoms with Crippen LogP contribution in [0.4, 0.5) is 11.4 Å². The van der Waals surface area contributed by atoms with Crippen molar-refractivity contribution in [2.24, 2.45) is 46.2 Å². The normalized spacial score (nSPS) is 37.2. The summed E-state index contributed by atoms with van der Waals surface area (Å²) in [6.07, 6.45) is 23.9. The molecule has 3 fully saturated rings. The Hall–Kier alpha value is -2.10. The molecule has 0 spiro atoms. The molecule has 0 radical (unpaired) electrons. The van der Waals surface area contributed by atoms with E-state index in [-0.39, 0.29) is 6.10 Å². The molecular formula is C35H57N3O. The lowest BCUT2D eigenvalue weighted by atomic mass is 9.46. The van der Waals surface area contributed by atoms with Gasteiger partial charge >= 0.3 is 0 Å². The van der Waals surface area contributed by atoms with E-state index in [1.165, 1.54) is 64.2 Å². The molecule has 4 heteroatoms. The van der Waals surface area contributed by atoms with Crippen LogP contribution >= 0.6 is 0 Å². The van der Waals surface area contributed by atoms with Crippen LogP contribution in [0.3, 0.4) is 0 Å². The first-order chi connectivity index (χ1) is 18.6. The number of hydrogen-bond acceptors (Lipinski definition) is 4. The van der Waals surface area contributed by atoms with Crippen LogP contribution in [-0.4, -0.2) is 6.10 Å². The molecule has 4 aliphatic rings. The highest BCUT2D eigenvalue weighted by Crippen LogP contribution is 2.66. The van der Waals surface area contributed by atoms with Crippen LogP contribution in [0.5, 0.6) is 5.75 Å². The Balaban J connectivity index is 0.000000648. The molecule has 0 aliphatic heterocycles. The predicted molar refractivity (Wildman–Crippen MR) is 167 cm³/mol. The zero-order valence-corrected chi connectivity index (χ0v) is 25.6. The fourth-order valence-corrected chi connectivity index (χ4v) is 8.94. The summed E-state index contributed by atoms with van der Waals surface area (Å²) in [6, 6.07) is 5.64. The number of allylic oxidation sites excluding steroid dienone is 4. The largest absolute Gasteiger partial charge is 0.488 e. The number of rotatable bonds is 7. The maximum absolute atomic E-state index is 6.41. The molecule has 0 heterocycles. The lowest BCUT2D eigenvalue weighted by Crippen LogP contribution is -2.52. The van der Waals surface area contributed by atoms with Gasteiger partial charge < -0.3 is 21.9 Å². The van der Waals surface area contributed by atoms with E-state index in [9.17, 15) is 0 Å². The molecule has 39 heavy (non-hydrogen) atoms. The fourth-order valence-electron chi connectivity index (χ4n) is 8.94. The van der Waals surface area contributed by atoms with Crippen LogP contribution < -0.4 is 21.9 Å². The monoisotopic (exact) mass is 535 g/mol. The smallest absolute Gasteiger partial charge is 0.142 e. The van der Waals surface area contributed by atoms with Gasteiger partial charge in [0, 0.05) is 11.4 Å². The SMILES string of the molecule is C/C=C(\C)N.CCCCCCC1CCC2C3C=CC4CC(Oc5ccc(N)cc5N)CCC4(C)C3CCC12C. The Kier molecular flexibility index (Phi) is 9.65. The van der Waals surface area contributed by atoms with E-state index in [0.29, 0.717) is 28.1 Å². The number of unbranched alkanes of at least 4 members (excludes halogenated alkanes) is 3. The first-order valence-electron chi connectivity index (χ1n) is 16.0. The lowest BCUT2D eigenvalue weighted by Gasteiger charge is -2.59. The van der Waals surface area contributed by atoms with Crippen LogP contribution in [0.15, 0.2) is 42.1 Å². The van der Waals surface area contributed by atoms with Gasteiger partial charge in [0.05, 0.1) is 11.8 Å². The van der Waals surface area contributed by atoms with Gasteiger partial charge in [-0.05, 0) is 124 Å². The molecule has 4 nitrogen and oxygen atoms in total. The van der Waals surface area contributed by atoms with Crippen molar-refractivity contribution in [3.63, 3.8) is 0 Å². The first kappa shape index (κ1) is 29.9. The molecule has 6 N–H and O–H groups in total. The van der Waals surface area contributed by atoms with Crippen LogP contribution in [0, 0.1) is 40.4 Å². The van der Waals surface area contributed by atoms with Crippen molar-refractivity contribution < 1.29 is 4.74 Å². The fraction of sp³-hybridized carbons (Fsp3) is 0.714. The predicted octanol–water partition coefficient (Wildman–Crippen LogP) is 8.87. The molecular weight excluding hydrogens is 478 g/mol. The summed E-state index contributed by atoms with van der Waals surface area (Å²) >= 11 is 0. The van der Waals surface area contributed by atoms with Gasteiger partial charge in [-0.1, -0.05) is 64.7 Å². The molecule has 0 amide bonds. The highest BCUT2D eigenvalue weighted by Gasteiger charge is 2.58. The van der Waals surface area contributed by atoms with Crippen LogP contribution in [-0.2, 0) is 0 Å². The van der Waals surface area contributed by atoms with Crippen molar-refractivity contribution in [1.29, 1.82) is 0 Å². The Morgan fingerprint density at radius 2 is 1.69 bits per heavy atom. The van der Waals surface area contributed by atoms with Gasteiger partial charge in [0.2, 0.25) is 0 Å². The zero-order valence-electron chi connectivity index (χ0n) is 25.6. The molecule has 3 saturated carbocycles. The third-order valence-corrected chi connectivity index (χ3v) is 11.5. The molecule has 8 unspecified atom stereocenters. The number of hydrogen-bond donors (Lipinski definition) is 3. The van der Waals surface area contributed by atoms with Gasteiger partial charge in [0.15, 0.2) is 0 Å². The minimum Gasteiger partial charge on any atom is -0.488 e. The molecule has 1 aromatic carbocycles. The van der Waals surface area contributed by atoms with Crippen molar-refractivity contribution in [3.8, 4) is 5.75 Å². The summed E-state index contributed by atoms with van der Waals surface area (Å²) in [6.45, 7) is 11.4. The number of nitrogen functional groups attached to an aromatic ring is 2. The summed E-state index contributed by atoms with van der Waals surface area (Å²) in [5.74, 6) is 4.93. The molecule has 4 aliphatic carbocycles. The van der Waals surface area contributed by atoms with Gasteiger partial charge in [-0.3, -0.25) is 0 Å². The zero-order chi connectivity index (χ0) is 28.2. The van der Waals surface area contributed by atoms with Crippen molar-refractivity contribution in [2.75, 3.05) is 11.5 Å². The highest BCUT2D eigenvalue weighted by atomic mass is 16.5. The lowest BCUT2D eigenvalue weighted by molar-refractivity contribution is -0.0743. The average molecular weight is 536 g/mol. The van der Waals surface area contributed by atoms with E-state index in [1.54, 1.807) is 0 Å². The van der Waals surface area contributed by atoms with Crippen molar-refractivity contribution >= 4 is 11.4 Å². The Morgan fingerprint density at radius 1 is 0.974 bits per heavy atom. The van der Waals surface area contributed by atoms with Crippen molar-refractivity contribution in [2.45, 2.75) is 118 Å². The summed E-state index contributed by atoms with van der Waals surface area (Å²) in [5.41, 5.74) is 20.4. The number of nitrogens with two attached hydrogens (primary N) is 3. The summed E-state index contributed by atoms with van der Waals surface area (Å²) < 4.78 is 6.41.